The summed E-state index contributed by atoms with van der Waals surface area (Å²) in [7, 11) is 0. The fourth-order valence-corrected chi connectivity index (χ4v) is 3.28. The molecule has 1 fully saturated rings. The number of carbonyl (C=O) groups is 2. The molecule has 2 aliphatic rings. The van der Waals surface area contributed by atoms with Gasteiger partial charge in [-0.3, -0.25) is 9.59 Å². The van der Waals surface area contributed by atoms with Crippen LogP contribution in [0.1, 0.15) is 15.9 Å². The van der Waals surface area contributed by atoms with E-state index in [-0.39, 0.29) is 55.1 Å². The number of hydrogen-bond donors (Lipinski definition) is 0. The van der Waals surface area contributed by atoms with Crippen molar-refractivity contribution in [2.45, 2.75) is 6.29 Å². The van der Waals surface area contributed by atoms with Crippen LogP contribution in [0.25, 0.3) is 6.08 Å². The molecule has 0 N–H and O–H groups in total. The van der Waals surface area contributed by atoms with Crippen molar-refractivity contribution in [3.8, 4) is 11.5 Å². The van der Waals surface area contributed by atoms with Gasteiger partial charge in [0.05, 0.1) is 0 Å². The third-order valence-electron chi connectivity index (χ3n) is 4.89. The summed E-state index contributed by atoms with van der Waals surface area (Å²) in [6, 6.07) is 7.11. The van der Waals surface area contributed by atoms with Crippen molar-refractivity contribution < 1.29 is 36.6 Å². The van der Waals surface area contributed by atoms with Crippen molar-refractivity contribution in [1.82, 2.24) is 9.80 Å². The molecule has 31 heavy (non-hydrogen) atoms. The van der Waals surface area contributed by atoms with E-state index in [1.165, 1.54) is 46.2 Å². The van der Waals surface area contributed by atoms with Gasteiger partial charge in [0.25, 0.3) is 5.91 Å². The molecule has 2 amide bonds. The Kier molecular flexibility index (Phi) is 5.30. The smallest absolute Gasteiger partial charge is 0.395 e. The molecule has 0 aromatic heterocycles. The number of ether oxygens (including phenoxy) is 2. The molecule has 0 bridgehead atoms. The fourth-order valence-electron chi connectivity index (χ4n) is 3.28. The molecule has 1 saturated heterocycles. The van der Waals surface area contributed by atoms with Gasteiger partial charge in [-0.25, -0.2) is 8.78 Å². The van der Waals surface area contributed by atoms with Gasteiger partial charge in [-0.15, -0.1) is 8.78 Å². The first kappa shape index (κ1) is 20.7. The fraction of sp³-hybridized carbons (Fsp3) is 0.238. The summed E-state index contributed by atoms with van der Waals surface area (Å²) in [6.07, 6.45) is -1.13. The van der Waals surface area contributed by atoms with E-state index in [2.05, 4.69) is 9.47 Å². The first-order chi connectivity index (χ1) is 14.7. The Morgan fingerprint density at radius 2 is 1.55 bits per heavy atom. The summed E-state index contributed by atoms with van der Waals surface area (Å²) in [6.45, 7) is 1.01. The molecule has 10 heteroatoms. The SMILES string of the molecule is O=C(/C=C/c1ccc(F)c(F)c1)N1CCN(C(=O)c2ccc3c(c2)OC(F)(F)O3)CC1. The molecule has 0 spiro atoms. The molecule has 2 aromatic carbocycles. The van der Waals surface area contributed by atoms with Crippen molar-refractivity contribution in [3.63, 3.8) is 0 Å². The molecule has 2 aromatic rings. The Balaban J connectivity index is 1.34. The lowest BCUT2D eigenvalue weighted by Gasteiger charge is -2.34. The van der Waals surface area contributed by atoms with E-state index in [9.17, 15) is 27.2 Å². The third-order valence-corrected chi connectivity index (χ3v) is 4.89. The van der Waals surface area contributed by atoms with Crippen LogP contribution in [0.15, 0.2) is 42.5 Å². The molecule has 4 rings (SSSR count). The number of alkyl halides is 2. The van der Waals surface area contributed by atoms with Gasteiger partial charge in [-0.05, 0) is 42.0 Å². The largest absolute Gasteiger partial charge is 0.586 e. The number of hydrogen-bond acceptors (Lipinski definition) is 4. The predicted octanol–water partition coefficient (Wildman–Crippen LogP) is 3.28. The van der Waals surface area contributed by atoms with Gasteiger partial charge in [0, 0.05) is 37.8 Å². The van der Waals surface area contributed by atoms with Gasteiger partial charge in [-0.2, -0.15) is 0 Å². The minimum absolute atomic E-state index is 0.148. The highest BCUT2D eigenvalue weighted by molar-refractivity contribution is 5.95. The predicted molar refractivity (Wildman–Crippen MR) is 101 cm³/mol. The van der Waals surface area contributed by atoms with Crippen molar-refractivity contribution in [3.05, 3.63) is 65.2 Å². The number of benzene rings is 2. The molecular weight excluding hydrogens is 420 g/mol. The lowest BCUT2D eigenvalue weighted by atomic mass is 10.1. The number of nitrogens with zero attached hydrogens (tertiary/aromatic N) is 2. The highest BCUT2D eigenvalue weighted by Crippen LogP contribution is 2.41. The summed E-state index contributed by atoms with van der Waals surface area (Å²) in [5.41, 5.74) is 0.507. The minimum Gasteiger partial charge on any atom is -0.395 e. The summed E-state index contributed by atoms with van der Waals surface area (Å²) in [5.74, 6) is -3.06. The van der Waals surface area contributed by atoms with Crippen LogP contribution < -0.4 is 9.47 Å². The second-order valence-corrected chi connectivity index (χ2v) is 6.95. The van der Waals surface area contributed by atoms with Crippen molar-refractivity contribution >= 4 is 17.9 Å². The highest BCUT2D eigenvalue weighted by Gasteiger charge is 2.43. The van der Waals surface area contributed by atoms with E-state index >= 15 is 0 Å². The van der Waals surface area contributed by atoms with Gasteiger partial charge in [0.15, 0.2) is 23.1 Å². The average Bonchev–Trinajstić information content (AvgIpc) is 3.06. The molecule has 0 atom stereocenters. The van der Waals surface area contributed by atoms with Crippen molar-refractivity contribution in [2.24, 2.45) is 0 Å². The maximum Gasteiger partial charge on any atom is 0.586 e. The second-order valence-electron chi connectivity index (χ2n) is 6.95. The number of rotatable bonds is 3. The van der Waals surface area contributed by atoms with Gasteiger partial charge < -0.3 is 19.3 Å². The molecule has 2 aliphatic heterocycles. The Labute approximate surface area is 174 Å². The molecule has 6 nitrogen and oxygen atoms in total. The zero-order chi connectivity index (χ0) is 22.2. The van der Waals surface area contributed by atoms with Crippen LogP contribution in [-0.4, -0.2) is 54.1 Å². The molecular formula is C21H16F4N2O4. The van der Waals surface area contributed by atoms with E-state index in [0.717, 1.165) is 12.1 Å². The zero-order valence-corrected chi connectivity index (χ0v) is 16.0. The van der Waals surface area contributed by atoms with Gasteiger partial charge in [0.1, 0.15) is 0 Å². The van der Waals surface area contributed by atoms with E-state index in [0.29, 0.717) is 5.56 Å². The maximum atomic E-state index is 13.2. The van der Waals surface area contributed by atoms with Crippen LogP contribution in [0.2, 0.25) is 0 Å². The average molecular weight is 436 g/mol. The Morgan fingerprint density at radius 3 is 2.26 bits per heavy atom. The monoisotopic (exact) mass is 436 g/mol. The van der Waals surface area contributed by atoms with Gasteiger partial charge >= 0.3 is 6.29 Å². The topological polar surface area (TPSA) is 59.1 Å². The van der Waals surface area contributed by atoms with Crippen LogP contribution in [0.5, 0.6) is 11.5 Å². The highest BCUT2D eigenvalue weighted by atomic mass is 19.3. The first-order valence-corrected chi connectivity index (χ1v) is 9.33. The van der Waals surface area contributed by atoms with Crippen LogP contribution in [0.3, 0.4) is 0 Å². The lowest BCUT2D eigenvalue weighted by molar-refractivity contribution is -0.286. The molecule has 0 saturated carbocycles. The number of fused-ring (bicyclic) bond motifs is 1. The number of carbonyl (C=O) groups excluding carboxylic acids is 2. The van der Waals surface area contributed by atoms with E-state index in [4.69, 9.17) is 0 Å². The summed E-state index contributed by atoms with van der Waals surface area (Å²) >= 11 is 0. The van der Waals surface area contributed by atoms with Crippen LogP contribution in [-0.2, 0) is 4.79 Å². The first-order valence-electron chi connectivity index (χ1n) is 9.33. The van der Waals surface area contributed by atoms with Crippen molar-refractivity contribution in [2.75, 3.05) is 26.2 Å². The lowest BCUT2D eigenvalue weighted by Crippen LogP contribution is -2.50. The zero-order valence-electron chi connectivity index (χ0n) is 16.0. The summed E-state index contributed by atoms with van der Waals surface area (Å²) < 4.78 is 61.1. The number of piperazine rings is 1. The molecule has 162 valence electrons. The van der Waals surface area contributed by atoms with E-state index in [1.807, 2.05) is 0 Å². The third kappa shape index (κ3) is 4.47. The van der Waals surface area contributed by atoms with Gasteiger partial charge in [0.2, 0.25) is 5.91 Å². The standard InChI is InChI=1S/C21H16F4N2O4/c22-15-4-1-13(11-16(15)23)2-6-19(28)26-7-9-27(10-8-26)20(29)14-3-5-17-18(12-14)31-21(24,25)30-17/h1-6,11-12H,7-10H2/b6-2+. The Bertz CT molecular complexity index is 1070. The number of halogens is 4. The quantitative estimate of drug-likeness (QED) is 0.548. The van der Waals surface area contributed by atoms with Crippen LogP contribution >= 0.6 is 0 Å². The molecule has 2 heterocycles. The summed E-state index contributed by atoms with van der Waals surface area (Å²) in [4.78, 5) is 28.0. The molecule has 0 radical (unpaired) electrons. The van der Waals surface area contributed by atoms with E-state index in [1.54, 1.807) is 0 Å². The maximum absolute atomic E-state index is 13.2. The molecule has 0 unspecified atom stereocenters. The van der Waals surface area contributed by atoms with Crippen LogP contribution in [0, 0.1) is 11.6 Å². The van der Waals surface area contributed by atoms with Crippen molar-refractivity contribution in [1.29, 1.82) is 0 Å². The minimum atomic E-state index is -3.76. The summed E-state index contributed by atoms with van der Waals surface area (Å²) in [5, 5.41) is 0. The Hall–Kier alpha value is -3.56. The number of amides is 2. The molecule has 0 aliphatic carbocycles. The second kappa shape index (κ2) is 7.93. The van der Waals surface area contributed by atoms with Gasteiger partial charge in [-0.1, -0.05) is 6.07 Å². The van der Waals surface area contributed by atoms with Crippen LogP contribution in [0.4, 0.5) is 17.6 Å². The Morgan fingerprint density at radius 1 is 0.871 bits per heavy atom. The normalized spacial score (nSPS) is 17.3. The van der Waals surface area contributed by atoms with E-state index < -0.39 is 17.9 Å².